The van der Waals surface area contributed by atoms with Crippen LogP contribution in [0.3, 0.4) is 0 Å². The fourth-order valence-electron chi connectivity index (χ4n) is 3.62. The van der Waals surface area contributed by atoms with Crippen LogP contribution in [0.1, 0.15) is 43.7 Å². The molecule has 0 unspecified atom stereocenters. The number of nitrogens with zero attached hydrogens (tertiary/aromatic N) is 4. The van der Waals surface area contributed by atoms with Gasteiger partial charge in [0.15, 0.2) is 17.2 Å². The number of carbonyl (C=O) groups excluding carboxylic acids is 2. The maximum Gasteiger partial charge on any atom is 0.414 e. The van der Waals surface area contributed by atoms with Crippen molar-refractivity contribution in [3.8, 4) is 5.75 Å². The second kappa shape index (κ2) is 9.41. The molecule has 1 atom stereocenters. The summed E-state index contributed by atoms with van der Waals surface area (Å²) in [4.78, 5) is 31.6. The van der Waals surface area contributed by atoms with Gasteiger partial charge in [0.2, 0.25) is 0 Å². The molecule has 1 aliphatic rings. The number of fused-ring (bicyclic) bond motifs is 3. The smallest absolute Gasteiger partial charge is 0.414 e. The van der Waals surface area contributed by atoms with Crippen LogP contribution in [0, 0.1) is 0 Å². The van der Waals surface area contributed by atoms with E-state index in [1.54, 1.807) is 41.0 Å². The number of benzene rings is 1. The maximum absolute atomic E-state index is 13.0. The molecule has 0 spiro atoms. The lowest BCUT2D eigenvalue weighted by molar-refractivity contribution is 0.0589. The molecule has 11 heteroatoms. The van der Waals surface area contributed by atoms with Crippen molar-refractivity contribution in [3.63, 3.8) is 0 Å². The van der Waals surface area contributed by atoms with E-state index < -0.39 is 11.7 Å². The van der Waals surface area contributed by atoms with Crippen LogP contribution in [0.25, 0.3) is 5.65 Å². The normalized spacial score (nSPS) is 16.3. The molecule has 0 radical (unpaired) electrons. The molecule has 2 N–H and O–H groups in total. The minimum absolute atomic E-state index is 0.215. The van der Waals surface area contributed by atoms with Crippen LogP contribution in [0.5, 0.6) is 5.75 Å². The molecule has 186 valence electrons. The molecule has 3 heterocycles. The average molecular weight is 483 g/mol. The third kappa shape index (κ3) is 5.29. The van der Waals surface area contributed by atoms with E-state index in [1.165, 1.54) is 15.6 Å². The summed E-state index contributed by atoms with van der Waals surface area (Å²) in [6, 6.07) is 7.08. The molecule has 0 aliphatic carbocycles. The topological polar surface area (TPSA) is 119 Å². The number of carbonyl (C=O) groups is 2. The summed E-state index contributed by atoms with van der Waals surface area (Å²) in [5.41, 5.74) is 1.84. The van der Waals surface area contributed by atoms with Crippen molar-refractivity contribution in [2.75, 3.05) is 31.0 Å². The number of imidazole rings is 1. The molecule has 0 fully saturated rings. The Morgan fingerprint density at radius 2 is 2.06 bits per heavy atom. The van der Waals surface area contributed by atoms with Crippen molar-refractivity contribution < 1.29 is 23.8 Å². The molecule has 4 rings (SSSR count). The van der Waals surface area contributed by atoms with E-state index in [2.05, 4.69) is 20.7 Å². The molecule has 2 aromatic heterocycles. The number of amides is 2. The number of hydrogen-bond donors (Lipinski definition) is 2. The fourth-order valence-corrected chi connectivity index (χ4v) is 3.62. The maximum atomic E-state index is 13.0. The van der Waals surface area contributed by atoms with Gasteiger partial charge in [0.25, 0.3) is 5.91 Å². The van der Waals surface area contributed by atoms with E-state index in [-0.39, 0.29) is 17.6 Å². The molecular weight excluding hydrogens is 452 g/mol. The standard InChI is InChI=1S/C24H30N6O5/c1-14-12-34-13-15-7-8-19(33-6)16(9-15)27-20-10-17(29(5)23(32)35-24(2,3)4)21-25-11-18(22(31)26-14)30(21)28-20/h7-11,14H,12-13H2,1-6H3,(H,26,31)(H,27,28)/t14-/m1/s1. The summed E-state index contributed by atoms with van der Waals surface area (Å²) in [5, 5.41) is 10.8. The quantitative estimate of drug-likeness (QED) is 0.570. The van der Waals surface area contributed by atoms with Crippen molar-refractivity contribution >= 4 is 34.8 Å². The van der Waals surface area contributed by atoms with E-state index in [0.717, 1.165) is 5.56 Å². The zero-order valence-corrected chi connectivity index (χ0v) is 20.7. The first-order valence-corrected chi connectivity index (χ1v) is 11.2. The summed E-state index contributed by atoms with van der Waals surface area (Å²) in [6.07, 6.45) is 0.861. The highest BCUT2D eigenvalue weighted by Crippen LogP contribution is 2.31. The molecule has 2 amide bonds. The van der Waals surface area contributed by atoms with Gasteiger partial charge in [-0.05, 0) is 45.4 Å². The van der Waals surface area contributed by atoms with Crippen LogP contribution in [0.2, 0.25) is 0 Å². The number of methoxy groups -OCH3 is 1. The zero-order valence-electron chi connectivity index (χ0n) is 20.7. The van der Waals surface area contributed by atoms with Gasteiger partial charge >= 0.3 is 6.09 Å². The predicted octanol–water partition coefficient (Wildman–Crippen LogP) is 3.50. The SMILES string of the molecule is COc1ccc2cc1Nc1cc(N(C)C(=O)OC(C)(C)C)c3ncc(n3n1)C(=O)N[C@H](C)COC2. The molecule has 4 bridgehead atoms. The summed E-state index contributed by atoms with van der Waals surface area (Å²) < 4.78 is 18.3. The summed E-state index contributed by atoms with van der Waals surface area (Å²) in [5.74, 6) is 0.607. The van der Waals surface area contributed by atoms with Gasteiger partial charge in [0.1, 0.15) is 11.4 Å². The second-order valence-corrected chi connectivity index (χ2v) is 9.38. The van der Waals surface area contributed by atoms with E-state index in [1.807, 2.05) is 25.1 Å². The highest BCUT2D eigenvalue weighted by atomic mass is 16.6. The Labute approximate surface area is 203 Å². The lowest BCUT2D eigenvalue weighted by atomic mass is 10.2. The molecular formula is C24H30N6O5. The van der Waals surface area contributed by atoms with Gasteiger partial charge in [0.05, 0.1) is 37.9 Å². The number of anilines is 3. The Balaban J connectivity index is 1.87. The molecule has 35 heavy (non-hydrogen) atoms. The number of hydrogen-bond acceptors (Lipinski definition) is 8. The first-order chi connectivity index (χ1) is 16.6. The number of nitrogens with one attached hydrogen (secondary N) is 2. The minimum Gasteiger partial charge on any atom is -0.495 e. The highest BCUT2D eigenvalue weighted by molar-refractivity contribution is 5.96. The first-order valence-electron chi connectivity index (χ1n) is 11.2. The van der Waals surface area contributed by atoms with Crippen LogP contribution in [-0.4, -0.2) is 59.0 Å². The van der Waals surface area contributed by atoms with Gasteiger partial charge in [0, 0.05) is 19.2 Å². The third-order valence-corrected chi connectivity index (χ3v) is 5.25. The van der Waals surface area contributed by atoms with Crippen LogP contribution in [0.15, 0.2) is 30.5 Å². The molecule has 1 aromatic carbocycles. The van der Waals surface area contributed by atoms with Crippen LogP contribution < -0.4 is 20.3 Å². The monoisotopic (exact) mass is 482 g/mol. The van der Waals surface area contributed by atoms with Gasteiger partial charge in [-0.15, -0.1) is 5.10 Å². The van der Waals surface area contributed by atoms with Crippen LogP contribution in [-0.2, 0) is 16.1 Å². The lowest BCUT2D eigenvalue weighted by Gasteiger charge is -2.25. The van der Waals surface area contributed by atoms with Crippen molar-refractivity contribution in [1.82, 2.24) is 19.9 Å². The van der Waals surface area contributed by atoms with E-state index in [4.69, 9.17) is 14.2 Å². The Morgan fingerprint density at radius 1 is 1.29 bits per heavy atom. The molecule has 3 aromatic rings. The zero-order chi connectivity index (χ0) is 25.3. The molecule has 0 saturated carbocycles. The Hall–Kier alpha value is -3.86. The van der Waals surface area contributed by atoms with Crippen molar-refractivity contribution in [2.24, 2.45) is 0 Å². The Bertz CT molecular complexity index is 1270. The Morgan fingerprint density at radius 3 is 2.77 bits per heavy atom. The summed E-state index contributed by atoms with van der Waals surface area (Å²) >= 11 is 0. The van der Waals surface area contributed by atoms with Gasteiger partial charge < -0.3 is 24.8 Å². The summed E-state index contributed by atoms with van der Waals surface area (Å²) in [6.45, 7) is 7.91. The second-order valence-electron chi connectivity index (χ2n) is 9.38. The number of ether oxygens (including phenoxy) is 3. The van der Waals surface area contributed by atoms with E-state index in [0.29, 0.717) is 41.8 Å². The number of aromatic nitrogens is 3. The average Bonchev–Trinajstić information content (AvgIpc) is 3.20. The van der Waals surface area contributed by atoms with Crippen molar-refractivity contribution in [3.05, 3.63) is 41.7 Å². The first kappa shape index (κ1) is 24.3. The van der Waals surface area contributed by atoms with Crippen LogP contribution >= 0.6 is 0 Å². The highest BCUT2D eigenvalue weighted by Gasteiger charge is 2.26. The minimum atomic E-state index is -0.685. The fraction of sp³-hybridized carbons (Fsp3) is 0.417. The summed E-state index contributed by atoms with van der Waals surface area (Å²) in [7, 11) is 3.16. The molecule has 1 aliphatic heterocycles. The third-order valence-electron chi connectivity index (χ3n) is 5.25. The van der Waals surface area contributed by atoms with Gasteiger partial charge in [-0.2, -0.15) is 0 Å². The van der Waals surface area contributed by atoms with Crippen molar-refractivity contribution in [2.45, 2.75) is 45.9 Å². The van der Waals surface area contributed by atoms with Crippen LogP contribution in [0.4, 0.5) is 22.0 Å². The largest absolute Gasteiger partial charge is 0.495 e. The molecule has 11 nitrogen and oxygen atoms in total. The van der Waals surface area contributed by atoms with Gasteiger partial charge in [-0.25, -0.2) is 14.3 Å². The lowest BCUT2D eigenvalue weighted by Crippen LogP contribution is -2.37. The van der Waals surface area contributed by atoms with Gasteiger partial charge in [-0.1, -0.05) is 6.07 Å². The van der Waals surface area contributed by atoms with Crippen molar-refractivity contribution in [1.29, 1.82) is 0 Å². The predicted molar refractivity (Wildman–Crippen MR) is 130 cm³/mol. The van der Waals surface area contributed by atoms with Gasteiger partial charge in [-0.3, -0.25) is 9.69 Å². The molecule has 0 saturated heterocycles. The van der Waals surface area contributed by atoms with E-state index >= 15 is 0 Å². The van der Waals surface area contributed by atoms with E-state index in [9.17, 15) is 9.59 Å². The Kier molecular flexibility index (Phi) is 6.53. The number of rotatable bonds is 2.